The molecular formula is C19H17N3O5. The van der Waals surface area contributed by atoms with Gasteiger partial charge in [0, 0.05) is 11.1 Å². The number of phenols is 1. The lowest BCUT2D eigenvalue weighted by molar-refractivity contribution is -0.139. The smallest absolute Gasteiger partial charge is 0.341 e. The van der Waals surface area contributed by atoms with Gasteiger partial charge in [0.1, 0.15) is 5.75 Å². The van der Waals surface area contributed by atoms with Gasteiger partial charge in [0.15, 0.2) is 18.1 Å². The van der Waals surface area contributed by atoms with Crippen LogP contribution in [0.3, 0.4) is 0 Å². The predicted molar refractivity (Wildman–Crippen MR) is 98.7 cm³/mol. The van der Waals surface area contributed by atoms with Crippen LogP contribution in [-0.2, 0) is 4.79 Å². The molecule has 0 saturated carbocycles. The van der Waals surface area contributed by atoms with Crippen molar-refractivity contribution >= 4 is 11.9 Å². The molecule has 0 atom stereocenters. The van der Waals surface area contributed by atoms with Gasteiger partial charge in [0.05, 0.1) is 18.5 Å². The summed E-state index contributed by atoms with van der Waals surface area (Å²) in [5.74, 6) is -0.145. The van der Waals surface area contributed by atoms with Gasteiger partial charge in [0.2, 0.25) is 5.95 Å². The number of nitrogens with two attached hydrogens (primary N) is 1. The molecule has 0 aliphatic rings. The number of carbonyl (C=O) groups is 1. The maximum absolute atomic E-state index is 10.7. The highest BCUT2D eigenvalue weighted by molar-refractivity contribution is 5.72. The molecule has 3 aromatic rings. The van der Waals surface area contributed by atoms with Crippen LogP contribution in [0.15, 0.2) is 48.5 Å². The molecule has 0 amide bonds. The van der Waals surface area contributed by atoms with E-state index in [1.54, 1.807) is 48.5 Å². The second-order valence-corrected chi connectivity index (χ2v) is 5.59. The average molecular weight is 367 g/mol. The lowest BCUT2D eigenvalue weighted by Gasteiger charge is -2.12. The molecule has 2 aromatic carbocycles. The molecule has 4 N–H and O–H groups in total. The van der Waals surface area contributed by atoms with Gasteiger partial charge in [-0.2, -0.15) is 0 Å². The summed E-state index contributed by atoms with van der Waals surface area (Å²) in [4.78, 5) is 19.2. The number of nitrogen functional groups attached to an aromatic ring is 1. The molecule has 138 valence electrons. The van der Waals surface area contributed by atoms with E-state index in [0.29, 0.717) is 28.5 Å². The minimum atomic E-state index is -1.08. The molecule has 3 rings (SSSR count). The highest BCUT2D eigenvalue weighted by Crippen LogP contribution is 2.33. The van der Waals surface area contributed by atoms with E-state index >= 15 is 0 Å². The zero-order valence-electron chi connectivity index (χ0n) is 14.4. The third-order valence-corrected chi connectivity index (χ3v) is 3.72. The molecule has 0 aliphatic carbocycles. The largest absolute Gasteiger partial charge is 0.508 e. The summed E-state index contributed by atoms with van der Waals surface area (Å²) in [7, 11) is 1.46. The van der Waals surface area contributed by atoms with E-state index in [9.17, 15) is 9.90 Å². The number of nitrogens with zero attached hydrogens (tertiary/aromatic N) is 2. The van der Waals surface area contributed by atoms with Crippen LogP contribution >= 0.6 is 0 Å². The number of carboxylic acid groups (broad SMARTS) is 1. The molecule has 1 heterocycles. The highest BCUT2D eigenvalue weighted by Gasteiger charge is 2.12. The van der Waals surface area contributed by atoms with E-state index in [1.807, 2.05) is 0 Å². The Hall–Kier alpha value is -3.81. The van der Waals surface area contributed by atoms with Crippen molar-refractivity contribution in [2.45, 2.75) is 0 Å². The van der Waals surface area contributed by atoms with Gasteiger partial charge >= 0.3 is 5.97 Å². The normalized spacial score (nSPS) is 10.4. The SMILES string of the molecule is COc1cc(-c2cc(-c3ccc(O)cc3)nc(N)n2)ccc1OCC(=O)O. The van der Waals surface area contributed by atoms with Gasteiger partial charge in [-0.1, -0.05) is 0 Å². The maximum atomic E-state index is 10.7. The van der Waals surface area contributed by atoms with Crippen molar-refractivity contribution in [1.82, 2.24) is 9.97 Å². The quantitative estimate of drug-likeness (QED) is 0.606. The van der Waals surface area contributed by atoms with Gasteiger partial charge in [0.25, 0.3) is 0 Å². The molecule has 0 bridgehead atoms. The lowest BCUT2D eigenvalue weighted by atomic mass is 10.1. The fraction of sp³-hybridized carbons (Fsp3) is 0.105. The van der Waals surface area contributed by atoms with Crippen LogP contribution in [0.5, 0.6) is 17.2 Å². The topological polar surface area (TPSA) is 128 Å². The number of aromatic hydroxyl groups is 1. The Morgan fingerprint density at radius 2 is 1.63 bits per heavy atom. The van der Waals surface area contributed by atoms with E-state index in [4.69, 9.17) is 20.3 Å². The number of rotatable bonds is 6. The van der Waals surface area contributed by atoms with Gasteiger partial charge in [-0.15, -0.1) is 0 Å². The Balaban J connectivity index is 1.98. The van der Waals surface area contributed by atoms with Crippen LogP contribution in [-0.4, -0.2) is 39.9 Å². The van der Waals surface area contributed by atoms with Gasteiger partial charge < -0.3 is 25.4 Å². The number of aliphatic carboxylic acids is 1. The van der Waals surface area contributed by atoms with Crippen LogP contribution in [0.1, 0.15) is 0 Å². The van der Waals surface area contributed by atoms with Crippen molar-refractivity contribution in [1.29, 1.82) is 0 Å². The zero-order chi connectivity index (χ0) is 19.4. The maximum Gasteiger partial charge on any atom is 0.341 e. The number of anilines is 1. The Morgan fingerprint density at radius 1 is 1.00 bits per heavy atom. The Morgan fingerprint density at radius 3 is 2.26 bits per heavy atom. The lowest BCUT2D eigenvalue weighted by Crippen LogP contribution is -2.10. The number of hydrogen-bond donors (Lipinski definition) is 3. The van der Waals surface area contributed by atoms with Crippen molar-refractivity contribution in [3.63, 3.8) is 0 Å². The van der Waals surface area contributed by atoms with Crippen molar-refractivity contribution in [2.24, 2.45) is 0 Å². The number of hydrogen-bond acceptors (Lipinski definition) is 7. The van der Waals surface area contributed by atoms with E-state index in [1.165, 1.54) is 7.11 Å². The molecule has 27 heavy (non-hydrogen) atoms. The second-order valence-electron chi connectivity index (χ2n) is 5.59. The molecule has 0 unspecified atom stereocenters. The van der Waals surface area contributed by atoms with E-state index in [-0.39, 0.29) is 11.7 Å². The van der Waals surface area contributed by atoms with Crippen LogP contribution < -0.4 is 15.2 Å². The summed E-state index contributed by atoms with van der Waals surface area (Å²) in [6.45, 7) is -0.471. The first-order valence-electron chi connectivity index (χ1n) is 7.93. The first-order valence-corrected chi connectivity index (χ1v) is 7.93. The first-order chi connectivity index (χ1) is 13.0. The van der Waals surface area contributed by atoms with Gasteiger partial charge in [-0.25, -0.2) is 14.8 Å². The molecule has 0 radical (unpaired) electrons. The Kier molecular flexibility index (Phi) is 5.07. The van der Waals surface area contributed by atoms with E-state index < -0.39 is 12.6 Å². The molecule has 0 spiro atoms. The van der Waals surface area contributed by atoms with Crippen molar-refractivity contribution < 1.29 is 24.5 Å². The number of carboxylic acids is 1. The highest BCUT2D eigenvalue weighted by atomic mass is 16.5. The van der Waals surface area contributed by atoms with Crippen LogP contribution in [0.2, 0.25) is 0 Å². The number of phenolic OH excluding ortho intramolecular Hbond substituents is 1. The third-order valence-electron chi connectivity index (χ3n) is 3.72. The minimum Gasteiger partial charge on any atom is -0.508 e. The van der Waals surface area contributed by atoms with Crippen molar-refractivity contribution in [2.75, 3.05) is 19.5 Å². The van der Waals surface area contributed by atoms with Crippen LogP contribution in [0, 0.1) is 0 Å². The fourth-order valence-corrected chi connectivity index (χ4v) is 2.48. The second kappa shape index (κ2) is 7.61. The third kappa shape index (κ3) is 4.24. The van der Waals surface area contributed by atoms with Crippen LogP contribution in [0.4, 0.5) is 5.95 Å². The monoisotopic (exact) mass is 367 g/mol. The van der Waals surface area contributed by atoms with E-state index in [2.05, 4.69) is 9.97 Å². The molecule has 8 heteroatoms. The van der Waals surface area contributed by atoms with Crippen molar-refractivity contribution in [3.8, 4) is 39.8 Å². The Bertz CT molecular complexity index is 974. The number of methoxy groups -OCH3 is 1. The summed E-state index contributed by atoms with van der Waals surface area (Å²) >= 11 is 0. The Labute approximate surface area is 154 Å². The van der Waals surface area contributed by atoms with Crippen LogP contribution in [0.25, 0.3) is 22.5 Å². The average Bonchev–Trinajstić information content (AvgIpc) is 2.66. The zero-order valence-corrected chi connectivity index (χ0v) is 14.4. The molecule has 0 aliphatic heterocycles. The predicted octanol–water partition coefficient (Wildman–Crippen LogP) is 2.57. The van der Waals surface area contributed by atoms with Gasteiger partial charge in [-0.3, -0.25) is 0 Å². The standard InChI is InChI=1S/C19H17N3O5/c1-26-17-8-12(4-7-16(17)27-10-18(24)25)15-9-14(21-19(20)22-15)11-2-5-13(23)6-3-11/h2-9,23H,10H2,1H3,(H,24,25)(H2,20,21,22). The van der Waals surface area contributed by atoms with E-state index in [0.717, 1.165) is 5.56 Å². The van der Waals surface area contributed by atoms with Gasteiger partial charge in [-0.05, 0) is 48.5 Å². The fourth-order valence-electron chi connectivity index (χ4n) is 2.48. The molecule has 0 saturated heterocycles. The molecular weight excluding hydrogens is 350 g/mol. The summed E-state index contributed by atoms with van der Waals surface area (Å²) in [5, 5.41) is 18.2. The minimum absolute atomic E-state index is 0.0979. The molecule has 1 aromatic heterocycles. The summed E-state index contributed by atoms with van der Waals surface area (Å²) in [6, 6.07) is 13.3. The summed E-state index contributed by atoms with van der Waals surface area (Å²) in [6.07, 6.45) is 0. The number of aromatic nitrogens is 2. The molecule has 8 nitrogen and oxygen atoms in total. The summed E-state index contributed by atoms with van der Waals surface area (Å²) < 4.78 is 10.5. The molecule has 0 fully saturated rings. The number of benzene rings is 2. The van der Waals surface area contributed by atoms with Crippen molar-refractivity contribution in [3.05, 3.63) is 48.5 Å². The first kappa shape index (κ1) is 18.0. The number of ether oxygens (including phenoxy) is 2. The summed E-state index contributed by atoms with van der Waals surface area (Å²) in [5.41, 5.74) is 8.49.